The van der Waals surface area contributed by atoms with Crippen molar-refractivity contribution in [3.05, 3.63) is 29.6 Å². The maximum absolute atomic E-state index is 13.3. The molecule has 2 rings (SSSR count). The van der Waals surface area contributed by atoms with Crippen LogP contribution in [0.3, 0.4) is 0 Å². The summed E-state index contributed by atoms with van der Waals surface area (Å²) in [6.45, 7) is 2.07. The van der Waals surface area contributed by atoms with Crippen LogP contribution in [0.15, 0.2) is 18.2 Å². The Hall–Kier alpha value is -1.99. The number of rotatable bonds is 3. The lowest BCUT2D eigenvalue weighted by Crippen LogP contribution is -2.46. The maximum atomic E-state index is 13.3. The van der Waals surface area contributed by atoms with E-state index in [0.717, 1.165) is 6.07 Å². The van der Waals surface area contributed by atoms with Gasteiger partial charge in [-0.25, -0.2) is 4.39 Å². The second kappa shape index (κ2) is 6.19. The Labute approximate surface area is 121 Å². The van der Waals surface area contributed by atoms with Crippen LogP contribution in [0.2, 0.25) is 0 Å². The molecule has 0 unspecified atom stereocenters. The molecule has 1 aliphatic rings. The van der Waals surface area contributed by atoms with Gasteiger partial charge in [-0.1, -0.05) is 6.07 Å². The molecular weight excluding hydrogens is 279 g/mol. The number of nitrogens with one attached hydrogen (secondary N) is 2. The lowest BCUT2D eigenvalue weighted by molar-refractivity contribution is -0.136. The normalized spacial score (nSPS) is 21.1. The predicted octanol–water partition coefficient (Wildman–Crippen LogP) is 0.340. The van der Waals surface area contributed by atoms with Crippen molar-refractivity contribution in [1.82, 2.24) is 5.32 Å². The first-order chi connectivity index (χ1) is 9.89. The molecule has 1 heterocycles. The molecule has 0 aromatic heterocycles. The number of carbonyl (C=O) groups excluding carboxylic acids is 2. The van der Waals surface area contributed by atoms with Crippen molar-refractivity contribution in [2.24, 2.45) is 0 Å². The van der Waals surface area contributed by atoms with Crippen LogP contribution in [-0.2, 0) is 14.3 Å². The molecule has 3 N–H and O–H groups in total. The van der Waals surface area contributed by atoms with Crippen LogP contribution in [0.4, 0.5) is 10.1 Å². The van der Waals surface area contributed by atoms with E-state index >= 15 is 0 Å². The molecule has 114 valence electrons. The van der Waals surface area contributed by atoms with Gasteiger partial charge in [0.25, 0.3) is 0 Å². The Bertz CT molecular complexity index is 556. The fourth-order valence-corrected chi connectivity index (χ4v) is 1.92. The van der Waals surface area contributed by atoms with E-state index < -0.39 is 23.2 Å². The predicted molar refractivity (Wildman–Crippen MR) is 73.2 cm³/mol. The Morgan fingerprint density at radius 1 is 1.43 bits per heavy atom. The van der Waals surface area contributed by atoms with E-state index in [1.165, 1.54) is 12.1 Å². The monoisotopic (exact) mass is 296 g/mol. The van der Waals surface area contributed by atoms with Crippen molar-refractivity contribution in [2.75, 3.05) is 25.1 Å². The summed E-state index contributed by atoms with van der Waals surface area (Å²) < 4.78 is 18.4. The van der Waals surface area contributed by atoms with Gasteiger partial charge in [-0.05, 0) is 24.6 Å². The van der Waals surface area contributed by atoms with Gasteiger partial charge >= 0.3 is 11.8 Å². The maximum Gasteiger partial charge on any atom is 0.313 e. The fourth-order valence-electron chi connectivity index (χ4n) is 1.92. The highest BCUT2D eigenvalue weighted by Gasteiger charge is 2.33. The highest BCUT2D eigenvalue weighted by Crippen LogP contribution is 2.17. The summed E-state index contributed by atoms with van der Waals surface area (Å²) in [4.78, 5) is 23.3. The molecule has 1 aromatic rings. The molecule has 0 bridgehead atoms. The fraction of sp³-hybridized carbons (Fsp3) is 0.429. The smallest absolute Gasteiger partial charge is 0.313 e. The van der Waals surface area contributed by atoms with Gasteiger partial charge in [-0.2, -0.15) is 0 Å². The number of ether oxygens (including phenoxy) is 1. The Kier molecular flexibility index (Phi) is 4.54. The lowest BCUT2D eigenvalue weighted by Gasteiger charge is -2.20. The van der Waals surface area contributed by atoms with E-state index in [0.29, 0.717) is 18.6 Å². The van der Waals surface area contributed by atoms with Crippen LogP contribution in [0, 0.1) is 12.7 Å². The average Bonchev–Trinajstić information content (AvgIpc) is 2.87. The zero-order chi connectivity index (χ0) is 15.5. The Morgan fingerprint density at radius 2 is 2.19 bits per heavy atom. The van der Waals surface area contributed by atoms with E-state index in [2.05, 4.69) is 10.6 Å². The number of anilines is 1. The minimum atomic E-state index is -1.13. The summed E-state index contributed by atoms with van der Waals surface area (Å²) in [5.41, 5.74) is -0.492. The highest BCUT2D eigenvalue weighted by atomic mass is 19.1. The van der Waals surface area contributed by atoms with Gasteiger partial charge in [0.2, 0.25) is 0 Å². The summed E-state index contributed by atoms with van der Waals surface area (Å²) in [5.74, 6) is -2.28. The van der Waals surface area contributed by atoms with Crippen molar-refractivity contribution in [1.29, 1.82) is 0 Å². The molecule has 1 saturated heterocycles. The molecule has 0 aliphatic carbocycles. The summed E-state index contributed by atoms with van der Waals surface area (Å²) >= 11 is 0. The van der Waals surface area contributed by atoms with Crippen molar-refractivity contribution < 1.29 is 23.8 Å². The Morgan fingerprint density at radius 3 is 2.81 bits per heavy atom. The SMILES string of the molecule is Cc1ccc(NC(=O)C(=O)NC[C@@]2(O)CCOC2)cc1F. The minimum absolute atomic E-state index is 0.0679. The molecule has 1 atom stereocenters. The first-order valence-corrected chi connectivity index (χ1v) is 6.55. The largest absolute Gasteiger partial charge is 0.386 e. The number of hydrogen-bond acceptors (Lipinski definition) is 4. The first kappa shape index (κ1) is 15.4. The number of aryl methyl sites for hydroxylation is 1. The van der Waals surface area contributed by atoms with Gasteiger partial charge in [0.05, 0.1) is 6.61 Å². The molecule has 0 radical (unpaired) electrons. The van der Waals surface area contributed by atoms with Crippen molar-refractivity contribution >= 4 is 17.5 Å². The first-order valence-electron chi connectivity index (χ1n) is 6.55. The molecule has 21 heavy (non-hydrogen) atoms. The highest BCUT2D eigenvalue weighted by molar-refractivity contribution is 6.39. The molecule has 7 heteroatoms. The molecule has 1 fully saturated rings. The van der Waals surface area contributed by atoms with Crippen molar-refractivity contribution in [2.45, 2.75) is 18.9 Å². The van der Waals surface area contributed by atoms with Crippen molar-refractivity contribution in [3.63, 3.8) is 0 Å². The quantitative estimate of drug-likeness (QED) is 0.702. The number of aliphatic hydroxyl groups is 1. The molecule has 0 spiro atoms. The van der Waals surface area contributed by atoms with Crippen LogP contribution in [0.5, 0.6) is 0 Å². The lowest BCUT2D eigenvalue weighted by atomic mass is 10.0. The van der Waals surface area contributed by atoms with Crippen molar-refractivity contribution in [3.8, 4) is 0 Å². The average molecular weight is 296 g/mol. The standard InChI is InChI=1S/C14H17FN2O4/c1-9-2-3-10(6-11(9)15)17-13(19)12(18)16-7-14(20)4-5-21-8-14/h2-3,6,20H,4-5,7-8H2,1H3,(H,16,18)(H,17,19)/t14-/m0/s1. The van der Waals surface area contributed by atoms with E-state index in [-0.39, 0.29) is 18.8 Å². The second-order valence-corrected chi connectivity index (χ2v) is 5.13. The van der Waals surface area contributed by atoms with E-state index in [9.17, 15) is 19.1 Å². The molecular formula is C14H17FN2O4. The van der Waals surface area contributed by atoms with E-state index in [1.54, 1.807) is 6.92 Å². The molecule has 2 amide bonds. The van der Waals surface area contributed by atoms with Crippen LogP contribution >= 0.6 is 0 Å². The third kappa shape index (κ3) is 3.99. The molecule has 6 nitrogen and oxygen atoms in total. The van der Waals surface area contributed by atoms with Gasteiger partial charge in [0, 0.05) is 25.3 Å². The van der Waals surface area contributed by atoms with Gasteiger partial charge in [-0.3, -0.25) is 9.59 Å². The summed E-state index contributed by atoms with van der Waals surface area (Å²) in [6, 6.07) is 4.14. The van der Waals surface area contributed by atoms with Crippen LogP contribution < -0.4 is 10.6 Å². The van der Waals surface area contributed by atoms with Gasteiger partial charge < -0.3 is 20.5 Å². The third-order valence-corrected chi connectivity index (χ3v) is 3.30. The number of halogens is 1. The zero-order valence-electron chi connectivity index (χ0n) is 11.6. The number of hydrogen-bond donors (Lipinski definition) is 3. The number of amides is 2. The number of benzene rings is 1. The summed E-state index contributed by atoms with van der Waals surface area (Å²) in [7, 11) is 0. The topological polar surface area (TPSA) is 87.7 Å². The Balaban J connectivity index is 1.87. The molecule has 0 saturated carbocycles. The minimum Gasteiger partial charge on any atom is -0.386 e. The van der Waals surface area contributed by atoms with Gasteiger partial charge in [0.1, 0.15) is 11.4 Å². The summed E-state index contributed by atoms with van der Waals surface area (Å²) in [5, 5.41) is 14.6. The third-order valence-electron chi connectivity index (χ3n) is 3.30. The van der Waals surface area contributed by atoms with E-state index in [4.69, 9.17) is 4.74 Å². The van der Waals surface area contributed by atoms with Gasteiger partial charge in [0.15, 0.2) is 0 Å². The number of carbonyl (C=O) groups is 2. The summed E-state index contributed by atoms with van der Waals surface area (Å²) in [6.07, 6.45) is 0.401. The second-order valence-electron chi connectivity index (χ2n) is 5.13. The van der Waals surface area contributed by atoms with Crippen LogP contribution in [0.1, 0.15) is 12.0 Å². The zero-order valence-corrected chi connectivity index (χ0v) is 11.6. The molecule has 1 aliphatic heterocycles. The van der Waals surface area contributed by atoms with Crippen LogP contribution in [0.25, 0.3) is 0 Å². The molecule has 1 aromatic carbocycles. The van der Waals surface area contributed by atoms with Crippen LogP contribution in [-0.4, -0.2) is 42.3 Å². The van der Waals surface area contributed by atoms with Gasteiger partial charge in [-0.15, -0.1) is 0 Å². The van der Waals surface area contributed by atoms with E-state index in [1.807, 2.05) is 0 Å².